The highest BCUT2D eigenvalue weighted by Gasteiger charge is 2.09. The Morgan fingerprint density at radius 3 is 3.12 bits per heavy atom. The number of rotatable bonds is 3. The highest BCUT2D eigenvalue weighted by Crippen LogP contribution is 2.00. The van der Waals surface area contributed by atoms with Crippen LogP contribution in [0.2, 0.25) is 0 Å². The number of carbonyl (C=O) groups is 1. The first-order valence-electron chi connectivity index (χ1n) is 5.43. The van der Waals surface area contributed by atoms with Crippen LogP contribution in [0.4, 0.5) is 0 Å². The fourth-order valence-electron chi connectivity index (χ4n) is 1.65. The number of hydrazine groups is 1. The lowest BCUT2D eigenvalue weighted by atomic mass is 10.2. The van der Waals surface area contributed by atoms with Crippen LogP contribution in [0.1, 0.15) is 12.0 Å². The SMILES string of the molecule is O=C(Cc1cccnc1)NN1CC=CCC1. The van der Waals surface area contributed by atoms with E-state index in [0.29, 0.717) is 6.42 Å². The number of nitrogens with one attached hydrogen (secondary N) is 1. The van der Waals surface area contributed by atoms with Crippen molar-refractivity contribution in [3.8, 4) is 0 Å². The van der Waals surface area contributed by atoms with Gasteiger partial charge in [-0.1, -0.05) is 18.2 Å². The van der Waals surface area contributed by atoms with Crippen LogP contribution in [-0.2, 0) is 11.2 Å². The van der Waals surface area contributed by atoms with Gasteiger partial charge >= 0.3 is 0 Å². The Morgan fingerprint density at radius 2 is 2.44 bits per heavy atom. The van der Waals surface area contributed by atoms with E-state index in [-0.39, 0.29) is 5.91 Å². The third kappa shape index (κ3) is 3.17. The van der Waals surface area contributed by atoms with Gasteiger partial charge in [-0.3, -0.25) is 15.2 Å². The molecular formula is C12H15N3O. The molecule has 0 saturated heterocycles. The van der Waals surface area contributed by atoms with E-state index in [1.807, 2.05) is 17.1 Å². The topological polar surface area (TPSA) is 45.2 Å². The van der Waals surface area contributed by atoms with Crippen LogP contribution in [0.3, 0.4) is 0 Å². The molecular weight excluding hydrogens is 202 g/mol. The van der Waals surface area contributed by atoms with Gasteiger partial charge in [-0.15, -0.1) is 0 Å². The summed E-state index contributed by atoms with van der Waals surface area (Å²) in [5.41, 5.74) is 3.82. The molecule has 1 aliphatic rings. The molecule has 0 atom stereocenters. The highest BCUT2D eigenvalue weighted by atomic mass is 16.2. The van der Waals surface area contributed by atoms with Gasteiger partial charge in [0.15, 0.2) is 0 Å². The van der Waals surface area contributed by atoms with Gasteiger partial charge < -0.3 is 0 Å². The summed E-state index contributed by atoms with van der Waals surface area (Å²) in [6, 6.07) is 3.74. The molecule has 4 nitrogen and oxygen atoms in total. The molecule has 1 aromatic heterocycles. The first-order valence-corrected chi connectivity index (χ1v) is 5.43. The Bertz CT molecular complexity index is 375. The Kier molecular flexibility index (Phi) is 3.66. The van der Waals surface area contributed by atoms with Gasteiger partial charge in [0.1, 0.15) is 0 Å². The Hall–Kier alpha value is -1.68. The Balaban J connectivity index is 1.82. The molecule has 0 fully saturated rings. The van der Waals surface area contributed by atoms with E-state index in [2.05, 4.69) is 22.6 Å². The molecule has 1 aromatic rings. The zero-order chi connectivity index (χ0) is 11.2. The van der Waals surface area contributed by atoms with E-state index < -0.39 is 0 Å². The molecule has 0 aliphatic carbocycles. The lowest BCUT2D eigenvalue weighted by molar-refractivity contribution is -0.125. The molecule has 0 radical (unpaired) electrons. The van der Waals surface area contributed by atoms with Crippen molar-refractivity contribution in [1.29, 1.82) is 0 Å². The molecule has 0 bridgehead atoms. The van der Waals surface area contributed by atoms with Crippen molar-refractivity contribution >= 4 is 5.91 Å². The van der Waals surface area contributed by atoms with Gasteiger partial charge in [0.2, 0.25) is 5.91 Å². The van der Waals surface area contributed by atoms with Crippen LogP contribution < -0.4 is 5.43 Å². The molecule has 1 amide bonds. The number of hydrogen-bond acceptors (Lipinski definition) is 3. The highest BCUT2D eigenvalue weighted by molar-refractivity contribution is 5.77. The molecule has 16 heavy (non-hydrogen) atoms. The predicted molar refractivity (Wildman–Crippen MR) is 61.4 cm³/mol. The molecule has 0 aromatic carbocycles. The van der Waals surface area contributed by atoms with Gasteiger partial charge in [0.25, 0.3) is 0 Å². The van der Waals surface area contributed by atoms with Crippen LogP contribution in [0, 0.1) is 0 Å². The monoisotopic (exact) mass is 217 g/mol. The summed E-state index contributed by atoms with van der Waals surface area (Å²) in [7, 11) is 0. The molecule has 0 spiro atoms. The minimum Gasteiger partial charge on any atom is -0.288 e. The van der Waals surface area contributed by atoms with Crippen molar-refractivity contribution in [2.75, 3.05) is 13.1 Å². The van der Waals surface area contributed by atoms with Crippen LogP contribution in [0.25, 0.3) is 0 Å². The fourth-order valence-corrected chi connectivity index (χ4v) is 1.65. The van der Waals surface area contributed by atoms with Crippen LogP contribution in [0.15, 0.2) is 36.7 Å². The van der Waals surface area contributed by atoms with Crippen molar-refractivity contribution in [3.63, 3.8) is 0 Å². The second-order valence-corrected chi connectivity index (χ2v) is 3.78. The second-order valence-electron chi connectivity index (χ2n) is 3.78. The number of aromatic nitrogens is 1. The van der Waals surface area contributed by atoms with E-state index in [0.717, 1.165) is 25.1 Å². The third-order valence-electron chi connectivity index (χ3n) is 2.43. The molecule has 2 rings (SSSR count). The maximum atomic E-state index is 11.7. The molecule has 84 valence electrons. The fraction of sp³-hybridized carbons (Fsp3) is 0.333. The number of pyridine rings is 1. The van der Waals surface area contributed by atoms with Crippen LogP contribution >= 0.6 is 0 Å². The molecule has 4 heteroatoms. The van der Waals surface area contributed by atoms with Crippen molar-refractivity contribution in [1.82, 2.24) is 15.4 Å². The summed E-state index contributed by atoms with van der Waals surface area (Å²) >= 11 is 0. The summed E-state index contributed by atoms with van der Waals surface area (Å²) in [4.78, 5) is 15.7. The normalized spacial score (nSPS) is 16.0. The van der Waals surface area contributed by atoms with Gasteiger partial charge in [0.05, 0.1) is 6.42 Å². The van der Waals surface area contributed by atoms with Gasteiger partial charge in [-0.2, -0.15) is 0 Å². The lowest BCUT2D eigenvalue weighted by Crippen LogP contribution is -2.44. The predicted octanol–water partition coefficient (Wildman–Crippen LogP) is 0.917. The smallest absolute Gasteiger partial charge is 0.238 e. The van der Waals surface area contributed by atoms with Crippen LogP contribution in [-0.4, -0.2) is 29.0 Å². The average molecular weight is 217 g/mol. The molecule has 2 heterocycles. The minimum atomic E-state index is 0.0169. The maximum Gasteiger partial charge on any atom is 0.238 e. The standard InChI is InChI=1S/C12H15N3O/c16-12(9-11-5-4-6-13-10-11)14-15-7-2-1-3-8-15/h1-2,4-6,10H,3,7-9H2,(H,14,16). The van der Waals surface area contributed by atoms with Crippen molar-refractivity contribution in [3.05, 3.63) is 42.2 Å². The minimum absolute atomic E-state index is 0.0169. The summed E-state index contributed by atoms with van der Waals surface area (Å²) < 4.78 is 0. The largest absolute Gasteiger partial charge is 0.288 e. The Morgan fingerprint density at radius 1 is 1.50 bits per heavy atom. The summed E-state index contributed by atoms with van der Waals surface area (Å²) in [6.07, 6.45) is 8.99. The number of carbonyl (C=O) groups excluding carboxylic acids is 1. The molecule has 0 unspecified atom stereocenters. The summed E-state index contributed by atoms with van der Waals surface area (Å²) in [5, 5.41) is 1.93. The second kappa shape index (κ2) is 5.42. The summed E-state index contributed by atoms with van der Waals surface area (Å²) in [5.74, 6) is 0.0169. The van der Waals surface area contributed by atoms with Gasteiger partial charge in [-0.05, 0) is 18.1 Å². The van der Waals surface area contributed by atoms with E-state index >= 15 is 0 Å². The van der Waals surface area contributed by atoms with Crippen LogP contribution in [0.5, 0.6) is 0 Å². The quantitative estimate of drug-likeness (QED) is 0.766. The number of amides is 1. The lowest BCUT2D eigenvalue weighted by Gasteiger charge is -2.23. The van der Waals surface area contributed by atoms with E-state index in [1.54, 1.807) is 12.4 Å². The third-order valence-corrected chi connectivity index (χ3v) is 2.43. The number of nitrogens with zero attached hydrogens (tertiary/aromatic N) is 2. The van der Waals surface area contributed by atoms with Crippen molar-refractivity contribution in [2.24, 2.45) is 0 Å². The maximum absolute atomic E-state index is 11.7. The number of hydrogen-bond donors (Lipinski definition) is 1. The van der Waals surface area contributed by atoms with Crippen molar-refractivity contribution < 1.29 is 4.79 Å². The van der Waals surface area contributed by atoms with E-state index in [4.69, 9.17) is 0 Å². The first kappa shape index (κ1) is 10.8. The molecule has 1 aliphatic heterocycles. The zero-order valence-electron chi connectivity index (χ0n) is 9.10. The average Bonchev–Trinajstić information content (AvgIpc) is 2.31. The molecule has 0 saturated carbocycles. The van der Waals surface area contributed by atoms with Gasteiger partial charge in [0, 0.05) is 25.5 Å². The van der Waals surface area contributed by atoms with E-state index in [1.165, 1.54) is 0 Å². The van der Waals surface area contributed by atoms with E-state index in [9.17, 15) is 4.79 Å². The van der Waals surface area contributed by atoms with Crippen molar-refractivity contribution in [2.45, 2.75) is 12.8 Å². The first-order chi connectivity index (χ1) is 7.84. The zero-order valence-corrected chi connectivity index (χ0v) is 9.10. The Labute approximate surface area is 95.0 Å². The molecule has 1 N–H and O–H groups in total. The van der Waals surface area contributed by atoms with Gasteiger partial charge in [-0.25, -0.2) is 5.01 Å². The summed E-state index contributed by atoms with van der Waals surface area (Å²) in [6.45, 7) is 1.67.